The van der Waals surface area contributed by atoms with Gasteiger partial charge in [-0.25, -0.2) is 22.9 Å². The summed E-state index contributed by atoms with van der Waals surface area (Å²) in [6, 6.07) is 2.52. The summed E-state index contributed by atoms with van der Waals surface area (Å²) in [5, 5.41) is 10.8. The number of aromatic nitrogens is 1. The Balaban J connectivity index is 2.33. The van der Waals surface area contributed by atoms with Gasteiger partial charge in [0.15, 0.2) is 0 Å². The maximum atomic E-state index is 12.2. The van der Waals surface area contributed by atoms with Gasteiger partial charge in [-0.3, -0.25) is 0 Å². The standard InChI is InChI=1S/C12H11BrN2O4S2/c1-7-10(12(16)17)2-9(3-11(7)13)21(18,19)15-4-8-5-20-6-14-8/h2-3,5-6,15H,4H2,1H3,(H,16,17). The number of aromatic carboxylic acids is 1. The van der Waals surface area contributed by atoms with Crippen LogP contribution in [0.2, 0.25) is 0 Å². The van der Waals surface area contributed by atoms with Gasteiger partial charge < -0.3 is 5.11 Å². The average Bonchev–Trinajstić information content (AvgIpc) is 2.92. The molecule has 0 atom stereocenters. The molecule has 1 aromatic carbocycles. The van der Waals surface area contributed by atoms with Crippen molar-refractivity contribution in [2.24, 2.45) is 0 Å². The highest BCUT2D eigenvalue weighted by atomic mass is 79.9. The summed E-state index contributed by atoms with van der Waals surface area (Å²) >= 11 is 4.55. The van der Waals surface area contributed by atoms with Crippen LogP contribution in [-0.4, -0.2) is 24.5 Å². The summed E-state index contributed by atoms with van der Waals surface area (Å²) in [5.41, 5.74) is 2.63. The molecule has 6 nitrogen and oxygen atoms in total. The molecular formula is C12H11BrN2O4S2. The van der Waals surface area contributed by atoms with Crippen LogP contribution in [0.4, 0.5) is 0 Å². The molecule has 0 aliphatic heterocycles. The molecule has 0 saturated heterocycles. The number of nitrogens with one attached hydrogen (secondary N) is 1. The number of benzene rings is 1. The number of thiazole rings is 1. The fraction of sp³-hybridized carbons (Fsp3) is 0.167. The summed E-state index contributed by atoms with van der Waals surface area (Å²) in [4.78, 5) is 15.0. The van der Waals surface area contributed by atoms with Gasteiger partial charge in [0, 0.05) is 9.85 Å². The van der Waals surface area contributed by atoms with Crippen molar-refractivity contribution in [1.82, 2.24) is 9.71 Å². The Morgan fingerprint density at radius 2 is 2.19 bits per heavy atom. The van der Waals surface area contributed by atoms with Gasteiger partial charge in [0.05, 0.1) is 28.2 Å². The van der Waals surface area contributed by atoms with E-state index in [4.69, 9.17) is 5.11 Å². The largest absolute Gasteiger partial charge is 0.478 e. The topological polar surface area (TPSA) is 96.4 Å². The highest BCUT2D eigenvalue weighted by Gasteiger charge is 2.20. The lowest BCUT2D eigenvalue weighted by atomic mass is 10.1. The molecule has 21 heavy (non-hydrogen) atoms. The molecule has 0 aliphatic carbocycles. The monoisotopic (exact) mass is 390 g/mol. The van der Waals surface area contributed by atoms with E-state index in [-0.39, 0.29) is 17.0 Å². The Morgan fingerprint density at radius 3 is 2.76 bits per heavy atom. The van der Waals surface area contributed by atoms with Gasteiger partial charge >= 0.3 is 5.97 Å². The molecule has 0 saturated carbocycles. The number of rotatable bonds is 5. The number of nitrogens with zero attached hydrogens (tertiary/aromatic N) is 1. The Bertz CT molecular complexity index is 773. The first-order valence-corrected chi connectivity index (χ1v) is 8.93. The minimum absolute atomic E-state index is 0.0553. The van der Waals surface area contributed by atoms with Crippen LogP contribution < -0.4 is 4.72 Å². The van der Waals surface area contributed by atoms with Crippen LogP contribution in [0.3, 0.4) is 0 Å². The van der Waals surface area contributed by atoms with Crippen molar-refractivity contribution < 1.29 is 18.3 Å². The van der Waals surface area contributed by atoms with Crippen LogP contribution in [0, 0.1) is 6.92 Å². The van der Waals surface area contributed by atoms with Gasteiger partial charge in [-0.2, -0.15) is 0 Å². The molecule has 1 aromatic heterocycles. The number of halogens is 1. The third kappa shape index (κ3) is 3.67. The number of carboxylic acid groups (broad SMARTS) is 1. The van der Waals surface area contributed by atoms with Gasteiger partial charge in [0.25, 0.3) is 0 Å². The third-order valence-electron chi connectivity index (χ3n) is 2.79. The fourth-order valence-electron chi connectivity index (χ4n) is 1.61. The molecule has 0 fully saturated rings. The van der Waals surface area contributed by atoms with Gasteiger partial charge in [-0.1, -0.05) is 15.9 Å². The molecule has 2 N–H and O–H groups in total. The SMILES string of the molecule is Cc1c(Br)cc(S(=O)(=O)NCc2cscn2)cc1C(=O)O. The highest BCUT2D eigenvalue weighted by Crippen LogP contribution is 2.25. The first-order chi connectivity index (χ1) is 9.81. The number of sulfonamides is 1. The summed E-state index contributed by atoms with van der Waals surface area (Å²) in [6.07, 6.45) is 0. The molecule has 1 heterocycles. The van der Waals surface area contributed by atoms with Gasteiger partial charge in [0.2, 0.25) is 10.0 Å². The molecule has 2 aromatic rings. The summed E-state index contributed by atoms with van der Waals surface area (Å²) in [7, 11) is -3.81. The smallest absolute Gasteiger partial charge is 0.336 e. The molecule has 112 valence electrons. The molecule has 0 aliphatic rings. The minimum Gasteiger partial charge on any atom is -0.478 e. The predicted molar refractivity (Wildman–Crippen MR) is 82.0 cm³/mol. The first kappa shape index (κ1) is 16.1. The Labute approximate surface area is 134 Å². The molecule has 0 bridgehead atoms. The zero-order chi connectivity index (χ0) is 15.6. The lowest BCUT2D eigenvalue weighted by molar-refractivity contribution is 0.0695. The zero-order valence-electron chi connectivity index (χ0n) is 10.8. The average molecular weight is 391 g/mol. The first-order valence-electron chi connectivity index (χ1n) is 5.71. The van der Waals surface area contributed by atoms with E-state index in [1.165, 1.54) is 17.4 Å². The van der Waals surface area contributed by atoms with Crippen molar-refractivity contribution in [3.05, 3.63) is 44.3 Å². The van der Waals surface area contributed by atoms with Crippen molar-refractivity contribution in [3.8, 4) is 0 Å². The zero-order valence-corrected chi connectivity index (χ0v) is 14.0. The van der Waals surface area contributed by atoms with Gasteiger partial charge in [-0.05, 0) is 24.6 Å². The number of carbonyl (C=O) groups is 1. The van der Waals surface area contributed by atoms with E-state index in [9.17, 15) is 13.2 Å². The molecule has 2 rings (SSSR count). The minimum atomic E-state index is -3.81. The van der Waals surface area contributed by atoms with E-state index in [0.29, 0.717) is 15.7 Å². The van der Waals surface area contributed by atoms with Crippen molar-refractivity contribution in [2.45, 2.75) is 18.4 Å². The molecule has 9 heteroatoms. The van der Waals surface area contributed by atoms with Crippen molar-refractivity contribution >= 4 is 43.3 Å². The number of hydrogen-bond donors (Lipinski definition) is 2. The second-order valence-electron chi connectivity index (χ2n) is 4.19. The van der Waals surface area contributed by atoms with E-state index in [1.54, 1.807) is 17.8 Å². The van der Waals surface area contributed by atoms with Crippen LogP contribution in [0.15, 0.2) is 32.4 Å². The fourth-order valence-corrected chi connectivity index (χ4v) is 3.83. The van der Waals surface area contributed by atoms with Crippen molar-refractivity contribution in [1.29, 1.82) is 0 Å². The van der Waals surface area contributed by atoms with Crippen molar-refractivity contribution in [2.75, 3.05) is 0 Å². The van der Waals surface area contributed by atoms with Crippen molar-refractivity contribution in [3.63, 3.8) is 0 Å². The normalized spacial score (nSPS) is 11.5. The lowest BCUT2D eigenvalue weighted by Crippen LogP contribution is -2.24. The van der Waals surface area contributed by atoms with E-state index in [2.05, 4.69) is 25.6 Å². The maximum Gasteiger partial charge on any atom is 0.336 e. The van der Waals surface area contributed by atoms with Crippen LogP contribution >= 0.6 is 27.3 Å². The predicted octanol–water partition coefficient (Wildman–Crippen LogP) is 2.39. The number of hydrogen-bond acceptors (Lipinski definition) is 5. The van der Waals surface area contributed by atoms with Gasteiger partial charge in [0.1, 0.15) is 0 Å². The highest BCUT2D eigenvalue weighted by molar-refractivity contribution is 9.10. The van der Waals surface area contributed by atoms with Crippen LogP contribution in [-0.2, 0) is 16.6 Å². The quantitative estimate of drug-likeness (QED) is 0.816. The van der Waals surface area contributed by atoms with Crippen LogP contribution in [0.5, 0.6) is 0 Å². The molecule has 0 radical (unpaired) electrons. The molecule has 0 unspecified atom stereocenters. The second-order valence-corrected chi connectivity index (χ2v) is 7.53. The Hall–Kier alpha value is -1.29. The van der Waals surface area contributed by atoms with Crippen LogP contribution in [0.1, 0.15) is 21.6 Å². The summed E-state index contributed by atoms with van der Waals surface area (Å²) in [5.74, 6) is -1.18. The molecular weight excluding hydrogens is 380 g/mol. The van der Waals surface area contributed by atoms with E-state index >= 15 is 0 Å². The summed E-state index contributed by atoms with van der Waals surface area (Å²) < 4.78 is 27.3. The van der Waals surface area contributed by atoms with Gasteiger partial charge in [-0.15, -0.1) is 11.3 Å². The molecule has 0 spiro atoms. The summed E-state index contributed by atoms with van der Waals surface area (Å²) in [6.45, 7) is 1.66. The Kier molecular flexibility index (Phi) is 4.77. The van der Waals surface area contributed by atoms with E-state index < -0.39 is 16.0 Å². The molecule has 0 amide bonds. The van der Waals surface area contributed by atoms with Crippen LogP contribution in [0.25, 0.3) is 0 Å². The second kappa shape index (κ2) is 6.22. The number of carboxylic acids is 1. The Morgan fingerprint density at radius 1 is 1.48 bits per heavy atom. The maximum absolute atomic E-state index is 12.2. The van der Waals surface area contributed by atoms with E-state index in [0.717, 1.165) is 6.07 Å². The van der Waals surface area contributed by atoms with E-state index in [1.807, 2.05) is 0 Å². The lowest BCUT2D eigenvalue weighted by Gasteiger charge is -2.10. The third-order valence-corrected chi connectivity index (χ3v) is 5.62.